The normalized spacial score (nSPS) is 26.2. The maximum Gasteiger partial charge on any atom is 0.459 e. The van der Waals surface area contributed by atoms with Gasteiger partial charge in [0.25, 0.3) is 0 Å². The molecule has 2 aromatic heterocycles. The van der Waals surface area contributed by atoms with Gasteiger partial charge in [0.15, 0.2) is 23.2 Å². The molecule has 1 aliphatic heterocycles. The number of terminal acetylenes is 1. The van der Waals surface area contributed by atoms with Gasteiger partial charge in [-0.1, -0.05) is 24.1 Å². The highest BCUT2D eigenvalue weighted by atomic mass is 31.2. The van der Waals surface area contributed by atoms with Crippen molar-refractivity contribution in [3.63, 3.8) is 0 Å². The highest BCUT2D eigenvalue weighted by molar-refractivity contribution is 7.52. The van der Waals surface area contributed by atoms with Crippen LogP contribution in [0.3, 0.4) is 0 Å². The molecule has 1 aromatic carbocycles. The molecule has 15 heteroatoms. The Balaban J connectivity index is 1.40. The number of aliphatic hydroxyl groups excluding tert-OH is 1. The summed E-state index contributed by atoms with van der Waals surface area (Å²) in [6.45, 7) is 2.47. The zero-order chi connectivity index (χ0) is 29.4. The number of nitrogens with one attached hydrogen (secondary N) is 2. The molecule has 0 spiro atoms. The van der Waals surface area contributed by atoms with E-state index in [0.717, 1.165) is 12.8 Å². The molecule has 3 heterocycles. The van der Waals surface area contributed by atoms with Crippen molar-refractivity contribution in [2.45, 2.75) is 62.9 Å². The van der Waals surface area contributed by atoms with E-state index in [0.29, 0.717) is 17.2 Å². The molecule has 2 aliphatic rings. The second-order valence-corrected chi connectivity index (χ2v) is 11.5. The number of nitrogens with zero attached hydrogens (tertiary/aromatic N) is 4. The molecule has 5 rings (SSSR count). The lowest BCUT2D eigenvalue weighted by Crippen LogP contribution is -2.42. The van der Waals surface area contributed by atoms with Gasteiger partial charge in [-0.3, -0.25) is 13.9 Å². The number of hydrogen-bond donors (Lipinski definition) is 3. The van der Waals surface area contributed by atoms with Gasteiger partial charge < -0.3 is 24.4 Å². The van der Waals surface area contributed by atoms with E-state index in [1.165, 1.54) is 37.1 Å². The number of para-hydroxylation sites is 1. The molecule has 6 atom stereocenters. The third-order valence-corrected chi connectivity index (χ3v) is 8.30. The number of alkyl halides is 1. The molecule has 0 amide bonds. The van der Waals surface area contributed by atoms with E-state index in [4.69, 9.17) is 20.2 Å². The van der Waals surface area contributed by atoms with E-state index in [9.17, 15) is 14.5 Å². The van der Waals surface area contributed by atoms with Crippen LogP contribution in [-0.2, 0) is 23.4 Å². The Kier molecular flexibility index (Phi) is 8.00. The Bertz CT molecular complexity index is 1510. The van der Waals surface area contributed by atoms with Gasteiger partial charge >= 0.3 is 13.7 Å². The third-order valence-electron chi connectivity index (χ3n) is 6.66. The van der Waals surface area contributed by atoms with Crippen molar-refractivity contribution >= 4 is 30.7 Å². The summed E-state index contributed by atoms with van der Waals surface area (Å²) in [5.41, 5.74) is -2.09. The number of esters is 1. The summed E-state index contributed by atoms with van der Waals surface area (Å²) < 4.78 is 52.9. The summed E-state index contributed by atoms with van der Waals surface area (Å²) in [6.07, 6.45) is 4.03. The topological polar surface area (TPSA) is 159 Å². The molecule has 0 radical (unpaired) electrons. The fraction of sp³-hybridized carbons (Fsp3) is 0.462. The zero-order valence-electron chi connectivity index (χ0n) is 22.6. The first-order valence-electron chi connectivity index (χ1n) is 12.9. The smallest absolute Gasteiger partial charge is 0.459 e. The fourth-order valence-corrected chi connectivity index (χ4v) is 5.88. The largest absolute Gasteiger partial charge is 0.468 e. The number of aromatic nitrogens is 4. The number of ether oxygens (including phenoxy) is 2. The van der Waals surface area contributed by atoms with Crippen LogP contribution >= 0.6 is 7.75 Å². The van der Waals surface area contributed by atoms with Gasteiger partial charge in [0.1, 0.15) is 29.8 Å². The summed E-state index contributed by atoms with van der Waals surface area (Å²) in [4.78, 5) is 25.2. The highest BCUT2D eigenvalue weighted by Crippen LogP contribution is 2.48. The van der Waals surface area contributed by atoms with Crippen molar-refractivity contribution in [1.29, 1.82) is 0 Å². The van der Waals surface area contributed by atoms with E-state index in [1.807, 2.05) is 5.92 Å². The molecule has 41 heavy (non-hydrogen) atoms. The van der Waals surface area contributed by atoms with Crippen molar-refractivity contribution in [2.24, 2.45) is 0 Å². The first-order valence-corrected chi connectivity index (χ1v) is 14.4. The number of aliphatic hydroxyl groups is 1. The van der Waals surface area contributed by atoms with Gasteiger partial charge in [0, 0.05) is 6.04 Å². The number of halogens is 1. The summed E-state index contributed by atoms with van der Waals surface area (Å²) >= 11 is 0. The monoisotopic (exact) mass is 588 g/mol. The van der Waals surface area contributed by atoms with E-state index in [1.54, 1.807) is 25.1 Å². The van der Waals surface area contributed by atoms with Gasteiger partial charge in [-0.25, -0.2) is 23.9 Å². The number of carbonyl (C=O) groups is 1. The van der Waals surface area contributed by atoms with Gasteiger partial charge in [-0.2, -0.15) is 5.09 Å². The van der Waals surface area contributed by atoms with Crippen LogP contribution in [-0.4, -0.2) is 74.3 Å². The predicted octanol–water partition coefficient (Wildman–Crippen LogP) is 2.66. The molecule has 0 bridgehead atoms. The maximum absolute atomic E-state index is 16.2. The fourth-order valence-electron chi connectivity index (χ4n) is 4.38. The quantitative estimate of drug-likeness (QED) is 0.171. The molecular formula is C26H30FN6O7P. The van der Waals surface area contributed by atoms with E-state index in [2.05, 4.69) is 30.1 Å². The molecule has 1 saturated carbocycles. The Morgan fingerprint density at radius 3 is 2.76 bits per heavy atom. The molecule has 1 saturated heterocycles. The maximum atomic E-state index is 16.2. The summed E-state index contributed by atoms with van der Waals surface area (Å²) in [5, 5.41) is 16.7. The van der Waals surface area contributed by atoms with Crippen LogP contribution in [0.1, 0.15) is 31.8 Å². The Labute approximate surface area is 235 Å². The number of carbonyl (C=O) groups excluding carboxylic acids is 1. The minimum absolute atomic E-state index is 0.171. The van der Waals surface area contributed by atoms with E-state index in [-0.39, 0.29) is 17.4 Å². The molecule has 3 N–H and O–H groups in total. The first kappa shape index (κ1) is 28.9. The lowest BCUT2D eigenvalue weighted by molar-refractivity contribution is -0.142. The number of benzene rings is 1. The molecule has 3 aromatic rings. The van der Waals surface area contributed by atoms with Crippen molar-refractivity contribution in [3.05, 3.63) is 42.5 Å². The van der Waals surface area contributed by atoms with Crippen LogP contribution in [0, 0.1) is 19.3 Å². The van der Waals surface area contributed by atoms with Gasteiger partial charge in [-0.15, -0.1) is 6.42 Å². The second-order valence-electron chi connectivity index (χ2n) is 9.82. The SMILES string of the molecule is C#C[C@@]1(F)[C@H](O)[C@@H](COP(=O)(N[C@H](C)C(=O)OC)Oc2ccccc2)O[C@H]1n1cnc2c(NC3CC3)nc(C)nc21. The average Bonchev–Trinajstić information content (AvgIpc) is 3.62. The van der Waals surface area contributed by atoms with Gasteiger partial charge in [0.05, 0.1) is 20.0 Å². The summed E-state index contributed by atoms with van der Waals surface area (Å²) in [7, 11) is -3.13. The molecule has 1 unspecified atom stereocenters. The van der Waals surface area contributed by atoms with Crippen molar-refractivity contribution in [2.75, 3.05) is 19.0 Å². The predicted molar refractivity (Wildman–Crippen MR) is 145 cm³/mol. The van der Waals surface area contributed by atoms with Crippen LogP contribution in [0.15, 0.2) is 36.7 Å². The van der Waals surface area contributed by atoms with Crippen LogP contribution in [0.4, 0.5) is 10.2 Å². The number of imidazole rings is 1. The highest BCUT2D eigenvalue weighted by Gasteiger charge is 2.58. The second kappa shape index (κ2) is 11.3. The van der Waals surface area contributed by atoms with Crippen LogP contribution in [0.25, 0.3) is 11.2 Å². The average molecular weight is 589 g/mol. The number of anilines is 1. The van der Waals surface area contributed by atoms with Crippen molar-refractivity contribution in [3.8, 4) is 18.1 Å². The summed E-state index contributed by atoms with van der Waals surface area (Å²) in [5.74, 6) is 2.37. The van der Waals surface area contributed by atoms with E-state index >= 15 is 4.39 Å². The zero-order valence-corrected chi connectivity index (χ0v) is 23.5. The van der Waals surface area contributed by atoms with Crippen LogP contribution in [0.2, 0.25) is 0 Å². The Hall–Kier alpha value is -3.60. The molecule has 218 valence electrons. The molecule has 1 aliphatic carbocycles. The minimum atomic E-state index is -4.30. The lowest BCUT2D eigenvalue weighted by Gasteiger charge is -2.24. The van der Waals surface area contributed by atoms with Crippen LogP contribution in [0.5, 0.6) is 5.75 Å². The minimum Gasteiger partial charge on any atom is -0.468 e. The number of aryl methyl sites for hydroxylation is 1. The van der Waals surface area contributed by atoms with Gasteiger partial charge in [-0.05, 0) is 38.8 Å². The Morgan fingerprint density at radius 1 is 1.37 bits per heavy atom. The van der Waals surface area contributed by atoms with E-state index < -0.39 is 50.5 Å². The number of fused-ring (bicyclic) bond motifs is 1. The number of hydrogen-bond acceptors (Lipinski definition) is 11. The third kappa shape index (κ3) is 5.91. The molecule has 13 nitrogen and oxygen atoms in total. The molecule has 2 fully saturated rings. The van der Waals surface area contributed by atoms with Crippen molar-refractivity contribution in [1.82, 2.24) is 24.6 Å². The van der Waals surface area contributed by atoms with Crippen molar-refractivity contribution < 1.29 is 37.4 Å². The summed E-state index contributed by atoms with van der Waals surface area (Å²) in [6, 6.07) is 7.26. The standard InChI is InChI=1S/C26H30FN6O7P/c1-5-26(27)21(34)19(13-38-41(36,32-15(2)24(35)37-4)40-18-9-7-6-8-10-18)39-25(26)33-14-28-20-22(31-17-11-12-17)29-16(3)30-23(20)33/h1,6-10,14-15,17,19,21,25,34H,11-13H2,2-4H3,(H,32,36)(H,29,30,31)/t15-,19-,21-,25-,26-,41?/m1/s1. The lowest BCUT2D eigenvalue weighted by atomic mass is 9.97. The number of rotatable bonds is 11. The van der Waals surface area contributed by atoms with Gasteiger partial charge in [0.2, 0.25) is 5.67 Å². The Morgan fingerprint density at radius 2 is 2.10 bits per heavy atom. The van der Waals surface area contributed by atoms with Crippen LogP contribution < -0.4 is 14.9 Å². The molecular weight excluding hydrogens is 558 g/mol. The first-order chi connectivity index (χ1) is 19.6. The number of methoxy groups -OCH3 is 1.